The van der Waals surface area contributed by atoms with Gasteiger partial charge in [-0.3, -0.25) is 0 Å². The second kappa shape index (κ2) is 5.02. The lowest BCUT2D eigenvalue weighted by Gasteiger charge is -1.89. The molecule has 0 aromatic heterocycles. The zero-order valence-electron chi connectivity index (χ0n) is 4.49. The topological polar surface area (TPSA) is 12.0 Å². The van der Waals surface area contributed by atoms with Crippen molar-refractivity contribution in [3.05, 3.63) is 0 Å². The zero-order valence-corrected chi connectivity index (χ0v) is 4.49. The fourth-order valence-electron chi connectivity index (χ4n) is 0.289. The van der Waals surface area contributed by atoms with Gasteiger partial charge < -0.3 is 5.23 Å². The Labute approximate surface area is 40.4 Å². The van der Waals surface area contributed by atoms with Gasteiger partial charge in [0.25, 0.3) is 0 Å². The molecular formula is C4H11BN. The molecule has 0 atom stereocenters. The predicted molar refractivity (Wildman–Crippen MR) is 29.9 cm³/mol. The number of hydrogen-bond donors (Lipinski definition) is 1. The molecule has 0 unspecified atom stereocenters. The first-order valence-corrected chi connectivity index (χ1v) is 2.46. The SMILES string of the molecule is CC[B]NCC. The van der Waals surface area contributed by atoms with Crippen molar-refractivity contribution in [2.75, 3.05) is 6.54 Å². The summed E-state index contributed by atoms with van der Waals surface area (Å²) < 4.78 is 0. The lowest BCUT2D eigenvalue weighted by Crippen LogP contribution is -2.16. The van der Waals surface area contributed by atoms with E-state index in [0.717, 1.165) is 12.9 Å². The third-order valence-electron chi connectivity index (χ3n) is 0.553. The largest absolute Gasteiger partial charge is 0.361 e. The Kier molecular flexibility index (Phi) is 5.05. The molecule has 0 aliphatic heterocycles. The molecule has 1 nitrogen and oxygen atoms in total. The number of hydrogen-bond acceptors (Lipinski definition) is 1. The second-order valence-corrected chi connectivity index (χ2v) is 1.17. The van der Waals surface area contributed by atoms with E-state index in [1.807, 2.05) is 0 Å². The van der Waals surface area contributed by atoms with E-state index in [1.54, 1.807) is 0 Å². The summed E-state index contributed by atoms with van der Waals surface area (Å²) in [6.45, 7) is 5.25. The molecule has 0 saturated heterocycles. The fraction of sp³-hybridized carbons (Fsp3) is 1.00. The number of nitrogens with one attached hydrogen (secondary N) is 1. The van der Waals surface area contributed by atoms with E-state index < -0.39 is 0 Å². The lowest BCUT2D eigenvalue weighted by atomic mass is 9.91. The van der Waals surface area contributed by atoms with Crippen molar-refractivity contribution < 1.29 is 0 Å². The standard InChI is InChI=1S/C4H11BN/c1-3-5-6-4-2/h6H,3-4H2,1-2H3. The van der Waals surface area contributed by atoms with Crippen molar-refractivity contribution in [3.8, 4) is 0 Å². The predicted octanol–water partition coefficient (Wildman–Crippen LogP) is 0.653. The molecule has 0 aromatic rings. The van der Waals surface area contributed by atoms with Crippen LogP contribution < -0.4 is 5.23 Å². The Hall–Kier alpha value is 0.0249. The highest BCUT2D eigenvalue weighted by Gasteiger charge is 1.76. The third kappa shape index (κ3) is 4.02. The summed E-state index contributed by atoms with van der Waals surface area (Å²) in [5, 5.41) is 3.07. The monoisotopic (exact) mass is 84.1 g/mol. The second-order valence-electron chi connectivity index (χ2n) is 1.17. The average Bonchev–Trinajstić information content (AvgIpc) is 1.61. The fourth-order valence-corrected chi connectivity index (χ4v) is 0.289. The Bertz CT molecular complexity index is 19.5. The first-order chi connectivity index (χ1) is 2.91. The van der Waals surface area contributed by atoms with Crippen LogP contribution in [0.25, 0.3) is 0 Å². The van der Waals surface area contributed by atoms with Crippen LogP contribution in [-0.4, -0.2) is 14.0 Å². The summed E-state index contributed by atoms with van der Waals surface area (Å²) in [5.41, 5.74) is 0. The lowest BCUT2D eigenvalue weighted by molar-refractivity contribution is 0.996. The van der Waals surface area contributed by atoms with Gasteiger partial charge in [0.05, 0.1) is 0 Å². The van der Waals surface area contributed by atoms with Gasteiger partial charge in [0.15, 0.2) is 0 Å². The summed E-state index contributed by atoms with van der Waals surface area (Å²) in [7, 11) is 2.06. The van der Waals surface area contributed by atoms with E-state index in [2.05, 4.69) is 26.5 Å². The van der Waals surface area contributed by atoms with Crippen LogP contribution in [0, 0.1) is 0 Å². The summed E-state index contributed by atoms with van der Waals surface area (Å²) in [5.74, 6) is 0. The van der Waals surface area contributed by atoms with E-state index >= 15 is 0 Å². The van der Waals surface area contributed by atoms with E-state index in [9.17, 15) is 0 Å². The summed E-state index contributed by atoms with van der Waals surface area (Å²) in [4.78, 5) is 0. The summed E-state index contributed by atoms with van der Waals surface area (Å²) in [6, 6.07) is 0. The van der Waals surface area contributed by atoms with Gasteiger partial charge >= 0.3 is 0 Å². The molecule has 1 radical (unpaired) electrons. The van der Waals surface area contributed by atoms with Crippen LogP contribution in [0.1, 0.15) is 13.8 Å². The molecule has 0 amide bonds. The van der Waals surface area contributed by atoms with Crippen molar-refractivity contribution in [1.29, 1.82) is 0 Å². The molecule has 6 heavy (non-hydrogen) atoms. The van der Waals surface area contributed by atoms with Gasteiger partial charge in [0.1, 0.15) is 0 Å². The highest BCUT2D eigenvalue weighted by atomic mass is 14.7. The minimum atomic E-state index is 1.05. The minimum Gasteiger partial charge on any atom is -0.361 e. The van der Waals surface area contributed by atoms with Crippen molar-refractivity contribution >= 4 is 7.41 Å². The van der Waals surface area contributed by atoms with Crippen molar-refractivity contribution in [1.82, 2.24) is 5.23 Å². The first-order valence-electron chi connectivity index (χ1n) is 2.46. The maximum atomic E-state index is 3.07. The molecule has 0 rings (SSSR count). The van der Waals surface area contributed by atoms with Gasteiger partial charge in [-0.05, 0) is 6.54 Å². The van der Waals surface area contributed by atoms with Crippen LogP contribution in [-0.2, 0) is 0 Å². The molecule has 0 aromatic carbocycles. The molecule has 0 spiro atoms. The molecule has 0 bridgehead atoms. The third-order valence-corrected chi connectivity index (χ3v) is 0.553. The molecule has 35 valence electrons. The van der Waals surface area contributed by atoms with Crippen molar-refractivity contribution in [2.45, 2.75) is 20.2 Å². The van der Waals surface area contributed by atoms with E-state index in [1.165, 1.54) is 0 Å². The van der Waals surface area contributed by atoms with Crippen LogP contribution in [0.4, 0.5) is 0 Å². The minimum absolute atomic E-state index is 1.05. The maximum absolute atomic E-state index is 3.07. The van der Waals surface area contributed by atoms with Gasteiger partial charge in [-0.2, -0.15) is 0 Å². The van der Waals surface area contributed by atoms with E-state index in [4.69, 9.17) is 0 Å². The molecule has 0 fully saturated rings. The van der Waals surface area contributed by atoms with Crippen molar-refractivity contribution in [2.24, 2.45) is 0 Å². The van der Waals surface area contributed by atoms with Crippen LogP contribution in [0.5, 0.6) is 0 Å². The summed E-state index contributed by atoms with van der Waals surface area (Å²) >= 11 is 0. The van der Waals surface area contributed by atoms with Crippen LogP contribution in [0.15, 0.2) is 0 Å². The Balaban J connectivity index is 2.34. The van der Waals surface area contributed by atoms with Crippen LogP contribution >= 0.6 is 0 Å². The van der Waals surface area contributed by atoms with Crippen LogP contribution in [0.3, 0.4) is 0 Å². The van der Waals surface area contributed by atoms with Gasteiger partial charge in [-0.1, -0.05) is 20.2 Å². The smallest absolute Gasteiger partial charge is 0.204 e. The van der Waals surface area contributed by atoms with E-state index in [-0.39, 0.29) is 0 Å². The highest BCUT2D eigenvalue weighted by molar-refractivity contribution is 6.31. The van der Waals surface area contributed by atoms with Gasteiger partial charge in [0.2, 0.25) is 7.41 Å². The highest BCUT2D eigenvalue weighted by Crippen LogP contribution is 1.64. The summed E-state index contributed by atoms with van der Waals surface area (Å²) in [6.07, 6.45) is 1.12. The molecule has 0 heterocycles. The molecular weight excluding hydrogens is 72.9 g/mol. The van der Waals surface area contributed by atoms with Gasteiger partial charge in [0, 0.05) is 0 Å². The quantitative estimate of drug-likeness (QED) is 0.391. The Morgan fingerprint density at radius 1 is 1.50 bits per heavy atom. The molecule has 2 heteroatoms. The first kappa shape index (κ1) is 6.02. The Morgan fingerprint density at radius 3 is 2.33 bits per heavy atom. The zero-order chi connectivity index (χ0) is 4.83. The molecule has 0 aliphatic rings. The normalized spacial score (nSPS) is 8.33. The van der Waals surface area contributed by atoms with Gasteiger partial charge in [-0.15, -0.1) is 0 Å². The Morgan fingerprint density at radius 2 is 2.17 bits per heavy atom. The molecule has 1 N–H and O–H groups in total. The van der Waals surface area contributed by atoms with Crippen molar-refractivity contribution in [3.63, 3.8) is 0 Å². The average molecular weight is 84.0 g/mol. The van der Waals surface area contributed by atoms with E-state index in [0.29, 0.717) is 0 Å². The van der Waals surface area contributed by atoms with Gasteiger partial charge in [-0.25, -0.2) is 0 Å². The molecule has 0 aliphatic carbocycles. The molecule has 0 saturated carbocycles. The van der Waals surface area contributed by atoms with Crippen LogP contribution in [0.2, 0.25) is 6.32 Å². The number of rotatable bonds is 3. The maximum Gasteiger partial charge on any atom is 0.204 e.